The van der Waals surface area contributed by atoms with Crippen LogP contribution in [0, 0.1) is 5.92 Å². The molecular weight excluding hydrogens is 207 g/mol. The van der Waals surface area contributed by atoms with E-state index in [0.717, 1.165) is 32.4 Å². The number of hydrogen-bond donors (Lipinski definition) is 2. The minimum Gasteiger partial charge on any atom is -0.396 e. The van der Waals surface area contributed by atoms with Gasteiger partial charge in [0.05, 0.1) is 0 Å². The van der Waals surface area contributed by atoms with Crippen molar-refractivity contribution in [2.75, 3.05) is 32.9 Å². The molecule has 1 saturated carbocycles. The molecule has 0 bridgehead atoms. The van der Waals surface area contributed by atoms with Gasteiger partial charge in [-0.15, -0.1) is 0 Å². The van der Waals surface area contributed by atoms with Crippen LogP contribution in [-0.4, -0.2) is 49.0 Å². The number of aliphatic hydroxyl groups excluding tert-OH is 1. The van der Waals surface area contributed by atoms with Crippen LogP contribution in [0.3, 0.4) is 0 Å². The first-order chi connectivity index (χ1) is 7.81. The summed E-state index contributed by atoms with van der Waals surface area (Å²) in [7, 11) is 0. The molecule has 0 atom stereocenters. The Balaban J connectivity index is 2.33. The van der Waals surface area contributed by atoms with Crippen molar-refractivity contribution in [2.45, 2.75) is 38.1 Å². The zero-order valence-electron chi connectivity index (χ0n) is 10.1. The molecule has 0 amide bonds. The van der Waals surface area contributed by atoms with Gasteiger partial charge < -0.3 is 10.8 Å². The first kappa shape index (κ1) is 13.9. The fourth-order valence-corrected chi connectivity index (χ4v) is 2.61. The van der Waals surface area contributed by atoms with Crippen LogP contribution in [0.1, 0.15) is 32.1 Å². The van der Waals surface area contributed by atoms with Crippen molar-refractivity contribution in [3.8, 4) is 0 Å². The largest absolute Gasteiger partial charge is 0.396 e. The third kappa shape index (κ3) is 4.36. The van der Waals surface area contributed by atoms with E-state index in [1.54, 1.807) is 0 Å². The molecule has 16 heavy (non-hydrogen) atoms. The van der Waals surface area contributed by atoms with Gasteiger partial charge in [-0.1, -0.05) is 0 Å². The predicted molar refractivity (Wildman–Crippen MR) is 64.1 cm³/mol. The molecule has 0 radical (unpaired) electrons. The Kier molecular flexibility index (Phi) is 6.92. The summed E-state index contributed by atoms with van der Waals surface area (Å²) < 4.78 is 12.4. The van der Waals surface area contributed by atoms with Crippen LogP contribution in [-0.2, 0) is 0 Å². The van der Waals surface area contributed by atoms with Gasteiger partial charge in [-0.3, -0.25) is 4.90 Å². The smallest absolute Gasteiger partial charge is 0.102 e. The first-order valence-corrected chi connectivity index (χ1v) is 6.42. The molecule has 0 aromatic carbocycles. The van der Waals surface area contributed by atoms with Gasteiger partial charge in [-0.2, -0.15) is 0 Å². The van der Waals surface area contributed by atoms with Crippen LogP contribution < -0.4 is 5.73 Å². The first-order valence-electron chi connectivity index (χ1n) is 6.42. The SMILES string of the molecule is NCC1CCC(N(CCF)CCCO)CC1. The van der Waals surface area contributed by atoms with Crippen molar-refractivity contribution < 1.29 is 9.50 Å². The Morgan fingerprint density at radius 3 is 2.38 bits per heavy atom. The molecule has 1 rings (SSSR count). The minimum absolute atomic E-state index is 0.195. The molecule has 96 valence electrons. The number of rotatable bonds is 7. The van der Waals surface area contributed by atoms with Crippen molar-refractivity contribution in [1.82, 2.24) is 4.90 Å². The lowest BCUT2D eigenvalue weighted by Crippen LogP contribution is -2.41. The van der Waals surface area contributed by atoms with Crippen LogP contribution >= 0.6 is 0 Å². The normalized spacial score (nSPS) is 26.2. The van der Waals surface area contributed by atoms with E-state index in [4.69, 9.17) is 10.8 Å². The van der Waals surface area contributed by atoms with Crippen molar-refractivity contribution in [1.29, 1.82) is 0 Å². The molecule has 3 nitrogen and oxygen atoms in total. The summed E-state index contributed by atoms with van der Waals surface area (Å²) in [4.78, 5) is 2.20. The van der Waals surface area contributed by atoms with Gasteiger partial charge in [0.15, 0.2) is 0 Å². The lowest BCUT2D eigenvalue weighted by atomic mass is 9.85. The minimum atomic E-state index is -0.289. The van der Waals surface area contributed by atoms with Crippen molar-refractivity contribution in [3.05, 3.63) is 0 Å². The topological polar surface area (TPSA) is 49.5 Å². The van der Waals surface area contributed by atoms with Gasteiger partial charge in [0.1, 0.15) is 6.67 Å². The van der Waals surface area contributed by atoms with E-state index in [1.807, 2.05) is 0 Å². The summed E-state index contributed by atoms with van der Waals surface area (Å²) >= 11 is 0. The highest BCUT2D eigenvalue weighted by molar-refractivity contribution is 4.80. The van der Waals surface area contributed by atoms with E-state index < -0.39 is 0 Å². The van der Waals surface area contributed by atoms with Crippen LogP contribution in [0.25, 0.3) is 0 Å². The maximum absolute atomic E-state index is 12.4. The fraction of sp³-hybridized carbons (Fsp3) is 1.00. The fourth-order valence-electron chi connectivity index (χ4n) is 2.61. The third-order valence-corrected chi connectivity index (χ3v) is 3.64. The molecular formula is C12H25FN2O. The number of aliphatic hydroxyl groups is 1. The van der Waals surface area contributed by atoms with E-state index in [2.05, 4.69) is 4.90 Å². The second kappa shape index (κ2) is 7.98. The standard InChI is InChI=1S/C12H25FN2O/c13-6-8-15(7-1-9-16)12-4-2-11(10-14)3-5-12/h11-12,16H,1-10,14H2. The van der Waals surface area contributed by atoms with E-state index in [9.17, 15) is 4.39 Å². The predicted octanol–water partition coefficient (Wildman–Crippen LogP) is 1.16. The van der Waals surface area contributed by atoms with E-state index in [-0.39, 0.29) is 13.3 Å². The van der Waals surface area contributed by atoms with Gasteiger partial charge in [-0.25, -0.2) is 4.39 Å². The monoisotopic (exact) mass is 232 g/mol. The molecule has 0 unspecified atom stereocenters. The summed E-state index contributed by atoms with van der Waals surface area (Å²) in [6.07, 6.45) is 5.35. The molecule has 0 aliphatic heterocycles. The lowest BCUT2D eigenvalue weighted by Gasteiger charge is -2.36. The zero-order chi connectivity index (χ0) is 11.8. The molecule has 0 heterocycles. The molecule has 4 heteroatoms. The molecule has 0 saturated heterocycles. The van der Waals surface area contributed by atoms with Gasteiger partial charge in [0.25, 0.3) is 0 Å². The van der Waals surface area contributed by atoms with Crippen LogP contribution in [0.2, 0.25) is 0 Å². The summed E-state index contributed by atoms with van der Waals surface area (Å²) in [5, 5.41) is 8.82. The highest BCUT2D eigenvalue weighted by Crippen LogP contribution is 2.26. The maximum atomic E-state index is 12.4. The second-order valence-electron chi connectivity index (χ2n) is 4.71. The highest BCUT2D eigenvalue weighted by Gasteiger charge is 2.24. The number of nitrogens with two attached hydrogens (primary N) is 1. The summed E-state index contributed by atoms with van der Waals surface area (Å²) in [6.45, 7) is 2.02. The molecule has 3 N–H and O–H groups in total. The number of halogens is 1. The van der Waals surface area contributed by atoms with Gasteiger partial charge in [-0.05, 0) is 44.6 Å². The summed E-state index contributed by atoms with van der Waals surface area (Å²) in [6, 6.07) is 0.505. The summed E-state index contributed by atoms with van der Waals surface area (Å²) in [5.74, 6) is 0.668. The van der Waals surface area contributed by atoms with Crippen LogP contribution in [0.15, 0.2) is 0 Å². The maximum Gasteiger partial charge on any atom is 0.102 e. The molecule has 1 aliphatic carbocycles. The number of nitrogens with zero attached hydrogens (tertiary/aromatic N) is 1. The van der Waals surface area contributed by atoms with Crippen molar-refractivity contribution in [2.24, 2.45) is 11.7 Å². The average molecular weight is 232 g/mol. The summed E-state index contributed by atoms with van der Waals surface area (Å²) in [5.41, 5.74) is 5.66. The quantitative estimate of drug-likeness (QED) is 0.692. The molecule has 1 aliphatic rings. The third-order valence-electron chi connectivity index (χ3n) is 3.64. The Morgan fingerprint density at radius 1 is 1.19 bits per heavy atom. The Labute approximate surface area is 97.8 Å². The average Bonchev–Trinajstić information content (AvgIpc) is 2.35. The van der Waals surface area contributed by atoms with Gasteiger partial charge in [0.2, 0.25) is 0 Å². The Bertz CT molecular complexity index is 172. The van der Waals surface area contributed by atoms with Crippen LogP contribution in [0.5, 0.6) is 0 Å². The molecule has 1 fully saturated rings. The zero-order valence-corrected chi connectivity index (χ0v) is 10.1. The van der Waals surface area contributed by atoms with E-state index in [0.29, 0.717) is 18.5 Å². The van der Waals surface area contributed by atoms with Crippen molar-refractivity contribution >= 4 is 0 Å². The van der Waals surface area contributed by atoms with E-state index in [1.165, 1.54) is 12.8 Å². The Morgan fingerprint density at radius 2 is 1.88 bits per heavy atom. The van der Waals surface area contributed by atoms with Gasteiger partial charge in [0, 0.05) is 25.7 Å². The Hall–Kier alpha value is -0.190. The molecule has 0 spiro atoms. The number of alkyl halides is 1. The highest BCUT2D eigenvalue weighted by atomic mass is 19.1. The lowest BCUT2D eigenvalue weighted by molar-refractivity contribution is 0.119. The molecule has 0 aromatic heterocycles. The molecule has 0 aromatic rings. The second-order valence-corrected chi connectivity index (χ2v) is 4.71. The number of hydrogen-bond acceptors (Lipinski definition) is 3. The van der Waals surface area contributed by atoms with Crippen LogP contribution in [0.4, 0.5) is 4.39 Å². The van der Waals surface area contributed by atoms with Gasteiger partial charge >= 0.3 is 0 Å². The van der Waals surface area contributed by atoms with Crippen molar-refractivity contribution in [3.63, 3.8) is 0 Å². The van der Waals surface area contributed by atoms with E-state index >= 15 is 0 Å².